The first-order chi connectivity index (χ1) is 7.11. The molecule has 0 bridgehead atoms. The fraction of sp³-hybridized carbons (Fsp3) is 1.00. The smallest absolute Gasteiger partial charge is 0.0733 e. The van der Waals surface area contributed by atoms with Crippen molar-refractivity contribution in [1.29, 1.82) is 0 Å². The van der Waals surface area contributed by atoms with Crippen LogP contribution in [0.25, 0.3) is 0 Å². The number of rotatable bonds is 6. The van der Waals surface area contributed by atoms with Gasteiger partial charge in [-0.25, -0.2) is 0 Å². The molecule has 1 fully saturated rings. The maximum Gasteiger partial charge on any atom is 0.0733 e. The standard InChI is InChI=1S/C12H25NO2/c1-12(2)7-6-10(11(12)13-3)15-9-5-8-14-4/h10-11,13H,5-9H2,1-4H3. The molecule has 3 nitrogen and oxygen atoms in total. The SMILES string of the molecule is CNC1C(OCCCOC)CCC1(C)C. The summed E-state index contributed by atoms with van der Waals surface area (Å²) in [7, 11) is 3.76. The first-order valence-electron chi connectivity index (χ1n) is 5.89. The van der Waals surface area contributed by atoms with Gasteiger partial charge in [0.2, 0.25) is 0 Å². The molecule has 3 heteroatoms. The van der Waals surface area contributed by atoms with Crippen LogP contribution in [0.5, 0.6) is 0 Å². The molecule has 15 heavy (non-hydrogen) atoms. The maximum atomic E-state index is 5.90. The summed E-state index contributed by atoms with van der Waals surface area (Å²) < 4.78 is 10.9. The molecule has 90 valence electrons. The Labute approximate surface area is 93.5 Å². The first-order valence-corrected chi connectivity index (χ1v) is 5.89. The third-order valence-corrected chi connectivity index (χ3v) is 3.42. The summed E-state index contributed by atoms with van der Waals surface area (Å²) in [6.45, 7) is 6.23. The molecule has 0 spiro atoms. The lowest BCUT2D eigenvalue weighted by Gasteiger charge is -2.30. The second kappa shape index (κ2) is 5.83. The van der Waals surface area contributed by atoms with Crippen LogP contribution in [0.4, 0.5) is 0 Å². The summed E-state index contributed by atoms with van der Waals surface area (Å²) in [5, 5.41) is 3.39. The van der Waals surface area contributed by atoms with Crippen LogP contribution in [-0.4, -0.2) is 39.5 Å². The highest BCUT2D eigenvalue weighted by Crippen LogP contribution is 2.38. The van der Waals surface area contributed by atoms with Gasteiger partial charge >= 0.3 is 0 Å². The molecular formula is C12H25NO2. The third kappa shape index (κ3) is 3.44. The number of methoxy groups -OCH3 is 1. The van der Waals surface area contributed by atoms with E-state index in [1.54, 1.807) is 7.11 Å². The van der Waals surface area contributed by atoms with Gasteiger partial charge in [-0.1, -0.05) is 13.8 Å². The van der Waals surface area contributed by atoms with Crippen LogP contribution in [0.3, 0.4) is 0 Å². The summed E-state index contributed by atoms with van der Waals surface area (Å²) in [5.74, 6) is 0. The molecule has 2 unspecified atom stereocenters. The third-order valence-electron chi connectivity index (χ3n) is 3.42. The van der Waals surface area contributed by atoms with Gasteiger partial charge in [0.05, 0.1) is 6.10 Å². The van der Waals surface area contributed by atoms with E-state index in [-0.39, 0.29) is 0 Å². The van der Waals surface area contributed by atoms with Gasteiger partial charge in [0.25, 0.3) is 0 Å². The predicted molar refractivity (Wildman–Crippen MR) is 62.1 cm³/mol. The summed E-state index contributed by atoms with van der Waals surface area (Å²) in [6, 6.07) is 0.486. The minimum absolute atomic E-state index is 0.362. The predicted octanol–water partition coefficient (Wildman–Crippen LogP) is 1.82. The van der Waals surface area contributed by atoms with Gasteiger partial charge in [0, 0.05) is 26.4 Å². The molecule has 1 rings (SSSR count). The topological polar surface area (TPSA) is 30.5 Å². The van der Waals surface area contributed by atoms with Crippen molar-refractivity contribution in [2.45, 2.75) is 45.3 Å². The molecule has 0 radical (unpaired) electrons. The molecule has 0 aromatic rings. The maximum absolute atomic E-state index is 5.90. The van der Waals surface area contributed by atoms with Crippen molar-refractivity contribution in [3.63, 3.8) is 0 Å². The minimum Gasteiger partial charge on any atom is -0.385 e. The van der Waals surface area contributed by atoms with Crippen LogP contribution in [0, 0.1) is 5.41 Å². The number of ether oxygens (including phenoxy) is 2. The molecule has 0 aromatic carbocycles. The highest BCUT2D eigenvalue weighted by Gasteiger charge is 2.41. The van der Waals surface area contributed by atoms with Crippen molar-refractivity contribution in [2.24, 2.45) is 5.41 Å². The number of hydrogen-bond donors (Lipinski definition) is 1. The summed E-state index contributed by atoms with van der Waals surface area (Å²) in [6.07, 6.45) is 3.78. The monoisotopic (exact) mass is 215 g/mol. The van der Waals surface area contributed by atoms with E-state index in [9.17, 15) is 0 Å². The molecule has 0 aliphatic heterocycles. The number of likely N-dealkylation sites (N-methyl/N-ethyl adjacent to an activating group) is 1. The normalized spacial score (nSPS) is 29.6. The van der Waals surface area contributed by atoms with Gasteiger partial charge in [0.1, 0.15) is 0 Å². The second-order valence-electron chi connectivity index (χ2n) is 5.05. The van der Waals surface area contributed by atoms with E-state index in [1.807, 2.05) is 7.05 Å². The minimum atomic E-state index is 0.362. The van der Waals surface area contributed by atoms with Gasteiger partial charge in [-0.15, -0.1) is 0 Å². The van der Waals surface area contributed by atoms with E-state index in [0.717, 1.165) is 19.6 Å². The zero-order chi connectivity index (χ0) is 11.3. The van der Waals surface area contributed by atoms with Crippen LogP contribution in [0.2, 0.25) is 0 Å². The van der Waals surface area contributed by atoms with E-state index < -0.39 is 0 Å². The summed E-state index contributed by atoms with van der Waals surface area (Å²) >= 11 is 0. The zero-order valence-electron chi connectivity index (χ0n) is 10.5. The van der Waals surface area contributed by atoms with Crippen LogP contribution in [0.1, 0.15) is 33.1 Å². The molecule has 1 aliphatic carbocycles. The zero-order valence-corrected chi connectivity index (χ0v) is 10.5. The molecule has 2 atom stereocenters. The van der Waals surface area contributed by atoms with Gasteiger partial charge in [-0.2, -0.15) is 0 Å². The first kappa shape index (κ1) is 12.9. The Morgan fingerprint density at radius 3 is 2.67 bits per heavy atom. The number of nitrogens with one attached hydrogen (secondary N) is 1. The van der Waals surface area contributed by atoms with Crippen LogP contribution < -0.4 is 5.32 Å². The van der Waals surface area contributed by atoms with Crippen molar-refractivity contribution >= 4 is 0 Å². The molecule has 1 aliphatic rings. The molecule has 0 heterocycles. The summed E-state index contributed by atoms with van der Waals surface area (Å²) in [4.78, 5) is 0. The second-order valence-corrected chi connectivity index (χ2v) is 5.05. The summed E-state index contributed by atoms with van der Waals surface area (Å²) in [5.41, 5.74) is 0.362. The molecule has 1 N–H and O–H groups in total. The van der Waals surface area contributed by atoms with Gasteiger partial charge < -0.3 is 14.8 Å². The van der Waals surface area contributed by atoms with Crippen LogP contribution in [-0.2, 0) is 9.47 Å². The highest BCUT2D eigenvalue weighted by atomic mass is 16.5. The Bertz CT molecular complexity index is 182. The average Bonchev–Trinajstić information content (AvgIpc) is 2.48. The lowest BCUT2D eigenvalue weighted by molar-refractivity contribution is 0.0189. The lowest BCUT2D eigenvalue weighted by Crippen LogP contribution is -2.43. The van der Waals surface area contributed by atoms with E-state index in [1.165, 1.54) is 12.8 Å². The van der Waals surface area contributed by atoms with E-state index >= 15 is 0 Å². The average molecular weight is 215 g/mol. The molecule has 0 aromatic heterocycles. The van der Waals surface area contributed by atoms with Gasteiger partial charge in [-0.3, -0.25) is 0 Å². The lowest BCUT2D eigenvalue weighted by atomic mass is 9.87. The van der Waals surface area contributed by atoms with Crippen LogP contribution >= 0.6 is 0 Å². The van der Waals surface area contributed by atoms with Crippen molar-refractivity contribution in [3.8, 4) is 0 Å². The Kier molecular flexibility index (Phi) is 5.03. The van der Waals surface area contributed by atoms with Crippen molar-refractivity contribution in [3.05, 3.63) is 0 Å². The fourth-order valence-corrected chi connectivity index (χ4v) is 2.53. The van der Waals surface area contributed by atoms with E-state index in [4.69, 9.17) is 9.47 Å². The van der Waals surface area contributed by atoms with E-state index in [0.29, 0.717) is 17.6 Å². The van der Waals surface area contributed by atoms with Crippen molar-refractivity contribution in [2.75, 3.05) is 27.4 Å². The molecule has 0 amide bonds. The molecule has 0 saturated heterocycles. The van der Waals surface area contributed by atoms with Crippen molar-refractivity contribution < 1.29 is 9.47 Å². The fourth-order valence-electron chi connectivity index (χ4n) is 2.53. The van der Waals surface area contributed by atoms with Gasteiger partial charge in [0.15, 0.2) is 0 Å². The molecular weight excluding hydrogens is 190 g/mol. The quantitative estimate of drug-likeness (QED) is 0.686. The Hall–Kier alpha value is -0.120. The van der Waals surface area contributed by atoms with Gasteiger partial charge in [-0.05, 0) is 31.7 Å². The largest absolute Gasteiger partial charge is 0.385 e. The Morgan fingerprint density at radius 1 is 1.33 bits per heavy atom. The van der Waals surface area contributed by atoms with E-state index in [2.05, 4.69) is 19.2 Å². The number of hydrogen-bond acceptors (Lipinski definition) is 3. The highest BCUT2D eigenvalue weighted by molar-refractivity contribution is 4.96. The Morgan fingerprint density at radius 2 is 2.07 bits per heavy atom. The van der Waals surface area contributed by atoms with Crippen LogP contribution in [0.15, 0.2) is 0 Å². The Balaban J connectivity index is 2.30. The molecule has 1 saturated carbocycles. The van der Waals surface area contributed by atoms with Crippen molar-refractivity contribution in [1.82, 2.24) is 5.32 Å².